The second kappa shape index (κ2) is 5.97. The molecule has 2 fully saturated rings. The molecule has 2 aliphatic carbocycles. The molecule has 0 spiro atoms. The normalized spacial score (nSPS) is 31.8. The lowest BCUT2D eigenvalue weighted by atomic mass is 9.81. The van der Waals surface area contributed by atoms with E-state index in [2.05, 4.69) is 37.2 Å². The zero-order chi connectivity index (χ0) is 12.3. The highest BCUT2D eigenvalue weighted by Gasteiger charge is 2.41. The number of hydrogen-bond acceptors (Lipinski definition) is 2. The highest BCUT2D eigenvalue weighted by atomic mass is 32.2. The van der Waals surface area contributed by atoms with Crippen LogP contribution in [-0.2, 0) is 0 Å². The van der Waals surface area contributed by atoms with Crippen molar-refractivity contribution >= 4 is 11.8 Å². The molecule has 2 atom stereocenters. The molecule has 0 amide bonds. The van der Waals surface area contributed by atoms with Crippen LogP contribution in [0.3, 0.4) is 0 Å². The minimum Gasteiger partial charge on any atom is -0.313 e. The molecule has 2 heteroatoms. The van der Waals surface area contributed by atoms with Gasteiger partial charge in [-0.2, -0.15) is 11.8 Å². The van der Waals surface area contributed by atoms with Gasteiger partial charge in [-0.3, -0.25) is 0 Å². The number of hydrogen-bond donors (Lipinski definition) is 1. The first-order valence-corrected chi connectivity index (χ1v) is 8.64. The number of nitrogens with one attached hydrogen (secondary N) is 1. The molecule has 0 aromatic carbocycles. The molecular weight excluding hydrogens is 226 g/mol. The maximum absolute atomic E-state index is 3.86. The maximum atomic E-state index is 3.86. The van der Waals surface area contributed by atoms with E-state index in [0.29, 0.717) is 4.75 Å². The zero-order valence-corrected chi connectivity index (χ0v) is 12.6. The van der Waals surface area contributed by atoms with E-state index in [4.69, 9.17) is 0 Å². The topological polar surface area (TPSA) is 12.0 Å². The van der Waals surface area contributed by atoms with Gasteiger partial charge in [0, 0.05) is 17.3 Å². The van der Waals surface area contributed by atoms with Gasteiger partial charge in [0.25, 0.3) is 0 Å². The molecule has 0 aliphatic heterocycles. The van der Waals surface area contributed by atoms with Crippen LogP contribution < -0.4 is 5.32 Å². The van der Waals surface area contributed by atoms with E-state index in [1.807, 2.05) is 0 Å². The minimum absolute atomic E-state index is 0.630. The van der Waals surface area contributed by atoms with Gasteiger partial charge in [-0.05, 0) is 50.2 Å². The van der Waals surface area contributed by atoms with Crippen LogP contribution in [0.15, 0.2) is 0 Å². The zero-order valence-electron chi connectivity index (χ0n) is 11.8. The summed E-state index contributed by atoms with van der Waals surface area (Å²) in [6, 6.07) is 0.817. The molecule has 2 rings (SSSR count). The van der Waals surface area contributed by atoms with E-state index in [-0.39, 0.29) is 0 Å². The second-order valence-corrected chi connectivity index (χ2v) is 7.90. The smallest absolute Gasteiger partial charge is 0.0282 e. The van der Waals surface area contributed by atoms with Gasteiger partial charge in [0.15, 0.2) is 0 Å². The van der Waals surface area contributed by atoms with Crippen LogP contribution in [0.4, 0.5) is 0 Å². The van der Waals surface area contributed by atoms with Crippen molar-refractivity contribution in [2.75, 3.05) is 12.8 Å². The summed E-state index contributed by atoms with van der Waals surface area (Å²) in [6.45, 7) is 5.99. The average Bonchev–Trinajstić information content (AvgIpc) is 3.07. The third-order valence-electron chi connectivity index (χ3n) is 4.54. The highest BCUT2D eigenvalue weighted by Crippen LogP contribution is 2.46. The van der Waals surface area contributed by atoms with Gasteiger partial charge in [-0.15, -0.1) is 0 Å². The summed E-state index contributed by atoms with van der Waals surface area (Å²) in [5.74, 6) is 1.87. The van der Waals surface area contributed by atoms with E-state index in [9.17, 15) is 0 Å². The lowest BCUT2D eigenvalue weighted by molar-refractivity contribution is 0.253. The molecule has 17 heavy (non-hydrogen) atoms. The Kier molecular flexibility index (Phi) is 4.82. The van der Waals surface area contributed by atoms with Crippen LogP contribution in [0.2, 0.25) is 0 Å². The second-order valence-electron chi connectivity index (χ2n) is 6.63. The van der Waals surface area contributed by atoms with Crippen molar-refractivity contribution in [1.82, 2.24) is 5.32 Å². The summed E-state index contributed by atoms with van der Waals surface area (Å²) in [5, 5.41) is 3.86. The predicted octanol–water partition coefficient (Wildman–Crippen LogP) is 4.08. The number of thioether (sulfide) groups is 1. The fraction of sp³-hybridized carbons (Fsp3) is 1.00. The van der Waals surface area contributed by atoms with Crippen LogP contribution in [-0.4, -0.2) is 23.6 Å². The van der Waals surface area contributed by atoms with Crippen LogP contribution in [0.1, 0.15) is 58.8 Å². The van der Waals surface area contributed by atoms with E-state index >= 15 is 0 Å². The van der Waals surface area contributed by atoms with Gasteiger partial charge < -0.3 is 5.32 Å². The van der Waals surface area contributed by atoms with Crippen molar-refractivity contribution in [2.45, 2.75) is 69.6 Å². The van der Waals surface area contributed by atoms with E-state index in [1.165, 1.54) is 51.5 Å². The van der Waals surface area contributed by atoms with Crippen LogP contribution >= 0.6 is 11.8 Å². The van der Waals surface area contributed by atoms with Crippen molar-refractivity contribution in [3.05, 3.63) is 0 Å². The molecule has 0 heterocycles. The summed E-state index contributed by atoms with van der Waals surface area (Å²) in [4.78, 5) is 0. The third-order valence-corrected chi connectivity index (χ3v) is 5.96. The third kappa shape index (κ3) is 4.17. The number of rotatable bonds is 6. The van der Waals surface area contributed by atoms with Crippen molar-refractivity contribution in [2.24, 2.45) is 11.8 Å². The quantitative estimate of drug-likeness (QED) is 0.767. The summed E-state index contributed by atoms with van der Waals surface area (Å²) in [7, 11) is 0. The molecule has 0 bridgehead atoms. The molecule has 2 saturated carbocycles. The van der Waals surface area contributed by atoms with Gasteiger partial charge in [0.05, 0.1) is 0 Å². The Bertz CT molecular complexity index is 235. The lowest BCUT2D eigenvalue weighted by Crippen LogP contribution is -2.38. The predicted molar refractivity (Wildman–Crippen MR) is 78.7 cm³/mol. The van der Waals surface area contributed by atoms with Gasteiger partial charge in [0.2, 0.25) is 0 Å². The summed E-state index contributed by atoms with van der Waals surface area (Å²) >= 11 is 2.08. The average molecular weight is 255 g/mol. The fourth-order valence-corrected chi connectivity index (χ4v) is 4.02. The standard InChI is InChI=1S/C15H29NS/c1-12(2)9-13-5-4-6-14(10-13)16-11-15(17-3)7-8-15/h12-14,16H,4-11H2,1-3H3. The van der Waals surface area contributed by atoms with Gasteiger partial charge in [-0.25, -0.2) is 0 Å². The monoisotopic (exact) mass is 255 g/mol. The van der Waals surface area contributed by atoms with Crippen molar-refractivity contribution in [3.63, 3.8) is 0 Å². The summed E-state index contributed by atoms with van der Waals surface area (Å²) in [6.07, 6.45) is 12.3. The molecule has 100 valence electrons. The molecule has 0 radical (unpaired) electrons. The largest absolute Gasteiger partial charge is 0.313 e. The maximum Gasteiger partial charge on any atom is 0.0282 e. The van der Waals surface area contributed by atoms with Crippen LogP contribution in [0, 0.1) is 11.8 Å². The van der Waals surface area contributed by atoms with E-state index in [1.54, 1.807) is 0 Å². The van der Waals surface area contributed by atoms with Gasteiger partial charge in [0.1, 0.15) is 0 Å². The Morgan fingerprint density at radius 3 is 2.65 bits per heavy atom. The van der Waals surface area contributed by atoms with Crippen molar-refractivity contribution in [1.29, 1.82) is 0 Å². The Labute approximate surface area is 112 Å². The molecule has 1 nitrogen and oxygen atoms in total. The summed E-state index contributed by atoms with van der Waals surface area (Å²) < 4.78 is 0.630. The van der Waals surface area contributed by atoms with Crippen molar-refractivity contribution < 1.29 is 0 Å². The Morgan fingerprint density at radius 1 is 1.29 bits per heavy atom. The molecular formula is C15H29NS. The molecule has 0 saturated heterocycles. The van der Waals surface area contributed by atoms with Crippen molar-refractivity contribution in [3.8, 4) is 0 Å². The molecule has 0 aromatic rings. The first-order valence-electron chi connectivity index (χ1n) is 7.42. The first-order chi connectivity index (χ1) is 8.13. The van der Waals surface area contributed by atoms with Crippen LogP contribution in [0.25, 0.3) is 0 Å². The molecule has 1 N–H and O–H groups in total. The highest BCUT2D eigenvalue weighted by molar-refractivity contribution is 8.00. The fourth-order valence-electron chi connectivity index (χ4n) is 3.28. The molecule has 2 aliphatic rings. The summed E-state index contributed by atoms with van der Waals surface area (Å²) in [5.41, 5.74) is 0. The Hall–Kier alpha value is 0.310. The van der Waals surface area contributed by atoms with Gasteiger partial charge >= 0.3 is 0 Å². The Morgan fingerprint density at radius 2 is 2.06 bits per heavy atom. The first kappa shape index (κ1) is 13.7. The SMILES string of the molecule is CSC1(CNC2CCCC(CC(C)C)C2)CC1. The molecule has 0 aromatic heterocycles. The lowest BCUT2D eigenvalue weighted by Gasteiger charge is -2.32. The van der Waals surface area contributed by atoms with Crippen LogP contribution in [0.5, 0.6) is 0 Å². The minimum atomic E-state index is 0.630. The van der Waals surface area contributed by atoms with E-state index < -0.39 is 0 Å². The Balaban J connectivity index is 1.70. The van der Waals surface area contributed by atoms with Gasteiger partial charge in [-0.1, -0.05) is 26.7 Å². The van der Waals surface area contributed by atoms with E-state index in [0.717, 1.165) is 17.9 Å². The molecule has 2 unspecified atom stereocenters.